The number of rotatable bonds is 6. The predicted octanol–water partition coefficient (Wildman–Crippen LogP) is 7.16. The summed E-state index contributed by atoms with van der Waals surface area (Å²) in [5, 5.41) is 2.12. The summed E-state index contributed by atoms with van der Waals surface area (Å²) in [6.07, 6.45) is 0. The molecule has 0 amide bonds. The van der Waals surface area contributed by atoms with Gasteiger partial charge < -0.3 is 0 Å². The van der Waals surface area contributed by atoms with E-state index in [-0.39, 0.29) is 0 Å². The number of hydrogen-bond donors (Lipinski definition) is 0. The number of fused-ring (bicyclic) bond motifs is 2. The number of benzene rings is 3. The molecular formula is C30H29GaN2O3. The first-order chi connectivity index (χ1) is 17.3. The van der Waals surface area contributed by atoms with Crippen LogP contribution in [0, 0.1) is 41.5 Å². The molecule has 0 saturated heterocycles. The van der Waals surface area contributed by atoms with E-state index in [9.17, 15) is 0 Å². The Morgan fingerprint density at radius 2 is 0.972 bits per heavy atom. The summed E-state index contributed by atoms with van der Waals surface area (Å²) < 4.78 is 19.8. The molecule has 5 nitrogen and oxygen atoms in total. The fraction of sp³-hybridized carbons (Fsp3) is 0.200. The van der Waals surface area contributed by atoms with Gasteiger partial charge in [-0.3, -0.25) is 0 Å². The van der Waals surface area contributed by atoms with Crippen LogP contribution in [0.2, 0.25) is 0 Å². The zero-order valence-electron chi connectivity index (χ0n) is 21.5. The average Bonchev–Trinajstić information content (AvgIpc) is 2.82. The zero-order valence-corrected chi connectivity index (χ0v) is 24.0. The third-order valence-corrected chi connectivity index (χ3v) is 9.12. The fourth-order valence-electron chi connectivity index (χ4n) is 4.66. The van der Waals surface area contributed by atoms with Crippen LogP contribution in [0.1, 0.15) is 33.6 Å². The summed E-state index contributed by atoms with van der Waals surface area (Å²) in [6, 6.07) is 22.3. The maximum atomic E-state index is 6.62. The second-order valence-corrected chi connectivity index (χ2v) is 12.0. The Labute approximate surface area is 218 Å². The molecule has 180 valence electrons. The van der Waals surface area contributed by atoms with E-state index in [0.29, 0.717) is 11.5 Å². The Hall–Kier alpha value is -3.48. The van der Waals surface area contributed by atoms with E-state index in [2.05, 4.69) is 38.1 Å². The van der Waals surface area contributed by atoms with Crippen LogP contribution in [0.3, 0.4) is 0 Å². The van der Waals surface area contributed by atoms with E-state index in [0.717, 1.165) is 61.2 Å². The molecule has 0 N–H and O–H groups in total. The molecule has 3 aromatic carbocycles. The Morgan fingerprint density at radius 1 is 0.528 bits per heavy atom. The molecule has 0 bridgehead atoms. The van der Waals surface area contributed by atoms with Crippen molar-refractivity contribution < 1.29 is 10.6 Å². The molecule has 2 heterocycles. The summed E-state index contributed by atoms with van der Waals surface area (Å²) in [7, 11) is 0. The Balaban J connectivity index is 1.60. The van der Waals surface area contributed by atoms with Crippen LogP contribution in [-0.2, 0) is 0 Å². The topological polar surface area (TPSA) is 53.5 Å². The summed E-state index contributed by atoms with van der Waals surface area (Å²) in [6.45, 7) is 12.3. The van der Waals surface area contributed by atoms with Crippen LogP contribution in [0.25, 0.3) is 21.8 Å². The molecule has 0 saturated carbocycles. The molecule has 2 aromatic heterocycles. The van der Waals surface area contributed by atoms with Gasteiger partial charge in [0.2, 0.25) is 0 Å². The van der Waals surface area contributed by atoms with Gasteiger partial charge in [-0.1, -0.05) is 0 Å². The molecule has 5 aromatic rings. The molecule has 0 unspecified atom stereocenters. The van der Waals surface area contributed by atoms with Gasteiger partial charge in [-0.2, -0.15) is 0 Å². The minimum atomic E-state index is -3.45. The van der Waals surface area contributed by atoms with E-state index < -0.39 is 17.3 Å². The zero-order chi connectivity index (χ0) is 25.4. The Morgan fingerprint density at radius 3 is 1.44 bits per heavy atom. The van der Waals surface area contributed by atoms with Gasteiger partial charge >= 0.3 is 219 Å². The summed E-state index contributed by atoms with van der Waals surface area (Å²) in [5.41, 5.74) is 7.94. The predicted molar refractivity (Wildman–Crippen MR) is 146 cm³/mol. The van der Waals surface area contributed by atoms with Gasteiger partial charge in [0.05, 0.1) is 0 Å². The fourth-order valence-corrected chi connectivity index (χ4v) is 7.82. The molecule has 0 aliphatic carbocycles. The van der Waals surface area contributed by atoms with Gasteiger partial charge in [0.1, 0.15) is 0 Å². The number of nitrogens with zero attached hydrogens (tertiary/aromatic N) is 2. The first-order valence-electron chi connectivity index (χ1n) is 12.1. The molecule has 0 atom stereocenters. The SMILES string of the molecule is Cc1cc(C)c2cccc([O][Ga]([O]c3c(C)cccc3C)[O]c3cccc4c(C)cc(C)nc34)c2n1. The molecule has 0 spiro atoms. The van der Waals surface area contributed by atoms with Gasteiger partial charge in [0.25, 0.3) is 0 Å². The van der Waals surface area contributed by atoms with Crippen molar-refractivity contribution in [1.29, 1.82) is 0 Å². The van der Waals surface area contributed by atoms with Gasteiger partial charge in [0.15, 0.2) is 0 Å². The minimum absolute atomic E-state index is 0.677. The van der Waals surface area contributed by atoms with Gasteiger partial charge in [-0.05, 0) is 0 Å². The third-order valence-electron chi connectivity index (χ3n) is 6.34. The van der Waals surface area contributed by atoms with Crippen molar-refractivity contribution in [1.82, 2.24) is 9.97 Å². The van der Waals surface area contributed by atoms with E-state index in [1.807, 2.05) is 70.2 Å². The van der Waals surface area contributed by atoms with Crippen LogP contribution in [0.5, 0.6) is 17.2 Å². The van der Waals surface area contributed by atoms with Crippen LogP contribution >= 0.6 is 0 Å². The van der Waals surface area contributed by atoms with Crippen molar-refractivity contribution in [3.8, 4) is 17.2 Å². The summed E-state index contributed by atoms with van der Waals surface area (Å²) in [4.78, 5) is 9.59. The number of aryl methyl sites for hydroxylation is 6. The van der Waals surface area contributed by atoms with E-state index in [4.69, 9.17) is 20.6 Å². The molecule has 0 radical (unpaired) electrons. The Kier molecular flexibility index (Phi) is 6.64. The number of pyridine rings is 2. The molecule has 0 aliphatic heterocycles. The van der Waals surface area contributed by atoms with Crippen molar-refractivity contribution in [2.75, 3.05) is 0 Å². The van der Waals surface area contributed by atoms with Gasteiger partial charge in [-0.15, -0.1) is 0 Å². The summed E-state index contributed by atoms with van der Waals surface area (Å²) in [5.74, 6) is 2.16. The van der Waals surface area contributed by atoms with Crippen molar-refractivity contribution in [2.45, 2.75) is 41.5 Å². The summed E-state index contributed by atoms with van der Waals surface area (Å²) >= 11 is -3.45. The van der Waals surface area contributed by atoms with Gasteiger partial charge in [0, 0.05) is 0 Å². The van der Waals surface area contributed by atoms with E-state index in [1.165, 1.54) is 0 Å². The maximum absolute atomic E-state index is 6.62. The molecule has 36 heavy (non-hydrogen) atoms. The van der Waals surface area contributed by atoms with Crippen LogP contribution in [0.4, 0.5) is 0 Å². The third kappa shape index (κ3) is 4.79. The number of hydrogen-bond acceptors (Lipinski definition) is 5. The van der Waals surface area contributed by atoms with Gasteiger partial charge in [-0.25, -0.2) is 0 Å². The van der Waals surface area contributed by atoms with E-state index in [1.54, 1.807) is 0 Å². The number of aromatic nitrogens is 2. The van der Waals surface area contributed by atoms with Crippen molar-refractivity contribution in [3.05, 3.63) is 100 Å². The molecule has 5 rings (SSSR count). The molecule has 0 fully saturated rings. The molecular weight excluding hydrogens is 506 g/mol. The van der Waals surface area contributed by atoms with Crippen molar-refractivity contribution >= 4 is 39.1 Å². The normalized spacial score (nSPS) is 11.1. The first-order valence-corrected chi connectivity index (χ1v) is 15.1. The quantitative estimate of drug-likeness (QED) is 0.216. The van der Waals surface area contributed by atoms with E-state index >= 15 is 0 Å². The molecule has 0 aliphatic rings. The average molecular weight is 535 g/mol. The monoisotopic (exact) mass is 534 g/mol. The Bertz CT molecular complexity index is 1490. The standard InChI is InChI=1S/2C11H11NO.C8H10O.Ga/c2*1-7-6-8(2)12-11-9(7)4-3-5-10(11)13;1-6-4-3-5-7(2)8(6)9;/h2*3-6,13H,1-2H3;3-5,9H,1-2H3;/q;;;+3/p-3. The molecule has 6 heteroatoms. The van der Waals surface area contributed by atoms with Crippen LogP contribution in [0.15, 0.2) is 66.7 Å². The first kappa shape index (κ1) is 24.2. The van der Waals surface area contributed by atoms with Crippen LogP contribution < -0.4 is 10.6 Å². The van der Waals surface area contributed by atoms with Crippen molar-refractivity contribution in [3.63, 3.8) is 0 Å². The van der Waals surface area contributed by atoms with Crippen LogP contribution in [-0.4, -0.2) is 27.3 Å². The second kappa shape index (κ2) is 9.88. The second-order valence-electron chi connectivity index (χ2n) is 9.33. The number of para-hydroxylation sites is 3. The van der Waals surface area contributed by atoms with Crippen molar-refractivity contribution in [2.24, 2.45) is 0 Å².